The first kappa shape index (κ1) is 36.1. The van der Waals surface area contributed by atoms with Crippen LogP contribution in [-0.2, 0) is 26.5 Å². The van der Waals surface area contributed by atoms with Gasteiger partial charge in [0.25, 0.3) is 0 Å². The molecule has 0 unspecified atom stereocenters. The third-order valence-corrected chi connectivity index (χ3v) is 10.8. The van der Waals surface area contributed by atoms with Crippen LogP contribution in [0.4, 0.5) is 0 Å². The van der Waals surface area contributed by atoms with Crippen molar-refractivity contribution < 1.29 is 24.5 Å². The Morgan fingerprint density at radius 3 is 2.10 bits per heavy atom. The van der Waals surface area contributed by atoms with Crippen molar-refractivity contribution in [2.45, 2.75) is 60.7 Å². The van der Waals surface area contributed by atoms with Crippen molar-refractivity contribution in [3.8, 4) is 33.6 Å². The Morgan fingerprint density at radius 2 is 1.43 bits per heavy atom. The summed E-state index contributed by atoms with van der Waals surface area (Å²) in [6.45, 7) is 18.2. The molecule has 3 heterocycles. The maximum Gasteiger partial charge on any atom is 0.121 e. The van der Waals surface area contributed by atoms with Gasteiger partial charge in [-0.15, -0.1) is 54.1 Å². The standard InChI is InChI=1S/C29H26NO.C15H18NSi.Ir/c1-19-18-30-26(15-22(19)17-29(2,3)4)25-12-8-11-24-23-14-13-21(16-27(23)31-28(24)25)20-9-6-5-7-10-20;1-12-10-14(13-8-6-5-7-9-13)16-11-15(12)17(2,3)4;/h5-11,13-16,18H,17H2,1-4H3;5-8,10-11H,1-4H3;/q2*-1;. The Bertz CT molecular complexity index is 2190. The monoisotopic (exact) mass is 837 g/mol. The molecule has 49 heavy (non-hydrogen) atoms. The van der Waals surface area contributed by atoms with Gasteiger partial charge in [0, 0.05) is 37.9 Å². The molecule has 0 N–H and O–H groups in total. The van der Waals surface area contributed by atoms with Gasteiger partial charge in [-0.25, -0.2) is 0 Å². The number of hydrogen-bond donors (Lipinski definition) is 0. The zero-order chi connectivity index (χ0) is 34.1. The summed E-state index contributed by atoms with van der Waals surface area (Å²) in [5.74, 6) is 0. The van der Waals surface area contributed by atoms with Gasteiger partial charge in [0.1, 0.15) is 5.58 Å². The second kappa shape index (κ2) is 14.8. The van der Waals surface area contributed by atoms with Crippen LogP contribution in [0.2, 0.25) is 19.6 Å². The van der Waals surface area contributed by atoms with E-state index in [4.69, 9.17) is 9.40 Å². The number of benzene rings is 4. The Kier molecular flexibility index (Phi) is 10.9. The van der Waals surface area contributed by atoms with Gasteiger partial charge >= 0.3 is 0 Å². The molecule has 0 amide bonds. The summed E-state index contributed by atoms with van der Waals surface area (Å²) in [5, 5.41) is 3.66. The summed E-state index contributed by atoms with van der Waals surface area (Å²) in [4.78, 5) is 9.31. The fraction of sp³-hybridized carbons (Fsp3) is 0.227. The third kappa shape index (κ3) is 8.36. The molecule has 0 aliphatic rings. The van der Waals surface area contributed by atoms with Crippen LogP contribution < -0.4 is 5.19 Å². The molecular formula is C44H44IrN2OSi-2. The molecular weight excluding hydrogens is 793 g/mol. The fourth-order valence-corrected chi connectivity index (χ4v) is 7.95. The molecule has 0 aliphatic carbocycles. The quantitative estimate of drug-likeness (QED) is 0.128. The molecule has 1 radical (unpaired) electrons. The van der Waals surface area contributed by atoms with E-state index in [-0.39, 0.29) is 25.5 Å². The van der Waals surface area contributed by atoms with Gasteiger partial charge in [-0.05, 0) is 65.0 Å². The minimum absolute atomic E-state index is 0. The normalized spacial score (nSPS) is 11.6. The van der Waals surface area contributed by atoms with E-state index in [1.807, 2.05) is 36.5 Å². The number of furan rings is 1. The first-order chi connectivity index (χ1) is 22.9. The van der Waals surface area contributed by atoms with Crippen molar-refractivity contribution in [1.82, 2.24) is 9.97 Å². The van der Waals surface area contributed by atoms with Crippen LogP contribution in [0.3, 0.4) is 0 Å². The molecule has 251 valence electrons. The SMILES string of the molecule is Cc1cc(-c2[c-]cccc2)ncc1[Si](C)(C)C.Cc1cnc(-c2[c-]ccc3c2oc2cc(-c4ccccc4)ccc23)cc1CC(C)(C)C.[Ir]. The summed E-state index contributed by atoms with van der Waals surface area (Å²) in [5.41, 5.74) is 12.1. The predicted molar refractivity (Wildman–Crippen MR) is 205 cm³/mol. The summed E-state index contributed by atoms with van der Waals surface area (Å²) in [6, 6.07) is 39.9. The number of aryl methyl sites for hydroxylation is 2. The van der Waals surface area contributed by atoms with Gasteiger partial charge in [0.15, 0.2) is 0 Å². The molecule has 0 saturated carbocycles. The maximum absolute atomic E-state index is 6.40. The van der Waals surface area contributed by atoms with Crippen molar-refractivity contribution in [2.24, 2.45) is 5.41 Å². The molecule has 3 aromatic heterocycles. The first-order valence-corrected chi connectivity index (χ1v) is 20.2. The number of fused-ring (bicyclic) bond motifs is 3. The molecule has 0 spiro atoms. The minimum Gasteiger partial charge on any atom is -0.501 e. The summed E-state index contributed by atoms with van der Waals surface area (Å²) in [6.07, 6.45) is 5.03. The van der Waals surface area contributed by atoms with E-state index >= 15 is 0 Å². The number of pyridine rings is 2. The molecule has 3 nitrogen and oxygen atoms in total. The molecule has 0 bridgehead atoms. The van der Waals surface area contributed by atoms with E-state index in [0.717, 1.165) is 56.4 Å². The van der Waals surface area contributed by atoms with Gasteiger partial charge in [-0.1, -0.05) is 117 Å². The van der Waals surface area contributed by atoms with Gasteiger partial charge < -0.3 is 14.4 Å². The Morgan fingerprint density at radius 1 is 0.694 bits per heavy atom. The molecule has 0 aliphatic heterocycles. The van der Waals surface area contributed by atoms with Crippen LogP contribution in [0.15, 0.2) is 114 Å². The van der Waals surface area contributed by atoms with E-state index < -0.39 is 8.07 Å². The zero-order valence-electron chi connectivity index (χ0n) is 29.7. The second-order valence-electron chi connectivity index (χ2n) is 14.9. The molecule has 5 heteroatoms. The van der Waals surface area contributed by atoms with Crippen LogP contribution >= 0.6 is 0 Å². The van der Waals surface area contributed by atoms with E-state index in [0.29, 0.717) is 0 Å². The van der Waals surface area contributed by atoms with E-state index in [9.17, 15) is 0 Å². The van der Waals surface area contributed by atoms with Crippen molar-refractivity contribution >= 4 is 35.2 Å². The summed E-state index contributed by atoms with van der Waals surface area (Å²) in [7, 11) is -1.27. The fourth-order valence-electron chi connectivity index (χ4n) is 6.25. The smallest absolute Gasteiger partial charge is 0.121 e. The van der Waals surface area contributed by atoms with Crippen LogP contribution in [0, 0.1) is 31.4 Å². The van der Waals surface area contributed by atoms with Crippen molar-refractivity contribution in [3.63, 3.8) is 0 Å². The topological polar surface area (TPSA) is 38.9 Å². The number of rotatable bonds is 5. The van der Waals surface area contributed by atoms with Crippen LogP contribution in [-0.4, -0.2) is 18.0 Å². The van der Waals surface area contributed by atoms with E-state index in [1.165, 1.54) is 27.4 Å². The van der Waals surface area contributed by atoms with E-state index in [1.54, 1.807) is 0 Å². The van der Waals surface area contributed by atoms with Gasteiger partial charge in [-0.2, -0.15) is 0 Å². The Labute approximate surface area is 306 Å². The van der Waals surface area contributed by atoms with Gasteiger partial charge in [0.2, 0.25) is 0 Å². The Balaban J connectivity index is 0.000000221. The van der Waals surface area contributed by atoms with Crippen molar-refractivity contribution in [3.05, 3.63) is 138 Å². The summed E-state index contributed by atoms with van der Waals surface area (Å²) < 4.78 is 6.40. The molecule has 7 rings (SSSR count). The molecule has 4 aromatic carbocycles. The first-order valence-electron chi connectivity index (χ1n) is 16.7. The number of aromatic nitrogens is 2. The van der Waals surface area contributed by atoms with Gasteiger partial charge in [-0.3, -0.25) is 0 Å². The second-order valence-corrected chi connectivity index (χ2v) is 20.0. The summed E-state index contributed by atoms with van der Waals surface area (Å²) >= 11 is 0. The largest absolute Gasteiger partial charge is 0.501 e. The molecule has 0 saturated heterocycles. The van der Waals surface area contributed by atoms with E-state index in [2.05, 4.69) is 144 Å². The van der Waals surface area contributed by atoms with Gasteiger partial charge in [0.05, 0.1) is 13.7 Å². The molecule has 0 atom stereocenters. The molecule has 7 aromatic rings. The minimum atomic E-state index is -1.27. The Hall–Kier alpha value is -4.15. The van der Waals surface area contributed by atoms with Crippen LogP contribution in [0.5, 0.6) is 0 Å². The zero-order valence-corrected chi connectivity index (χ0v) is 33.1. The van der Waals surface area contributed by atoms with Crippen LogP contribution in [0.25, 0.3) is 55.6 Å². The predicted octanol–water partition coefficient (Wildman–Crippen LogP) is 11.4. The number of hydrogen-bond acceptors (Lipinski definition) is 3. The number of nitrogens with zero attached hydrogens (tertiary/aromatic N) is 2. The maximum atomic E-state index is 6.40. The average Bonchev–Trinajstić information content (AvgIpc) is 3.44. The molecule has 0 fully saturated rings. The average molecular weight is 837 g/mol. The van der Waals surface area contributed by atoms with Crippen molar-refractivity contribution in [1.29, 1.82) is 0 Å². The van der Waals surface area contributed by atoms with Crippen molar-refractivity contribution in [2.75, 3.05) is 0 Å². The van der Waals surface area contributed by atoms with Crippen LogP contribution in [0.1, 0.15) is 37.5 Å². The third-order valence-electron chi connectivity index (χ3n) is 8.64.